The molecule has 2 aromatic rings. The van der Waals surface area contributed by atoms with Crippen molar-refractivity contribution in [3.8, 4) is 0 Å². The average Bonchev–Trinajstić information content (AvgIpc) is 2.48. The zero-order valence-electron chi connectivity index (χ0n) is 11.1. The highest BCUT2D eigenvalue weighted by molar-refractivity contribution is 5.94. The van der Waals surface area contributed by atoms with Crippen LogP contribution in [0.5, 0.6) is 0 Å². The van der Waals surface area contributed by atoms with Crippen molar-refractivity contribution in [1.29, 1.82) is 0 Å². The second-order valence-electron chi connectivity index (χ2n) is 4.42. The van der Waals surface area contributed by atoms with E-state index >= 15 is 0 Å². The van der Waals surface area contributed by atoms with Crippen LogP contribution in [-0.2, 0) is 0 Å². The van der Waals surface area contributed by atoms with Gasteiger partial charge in [0, 0.05) is 18.3 Å². The minimum Gasteiger partial charge on any atom is -0.345 e. The van der Waals surface area contributed by atoms with E-state index < -0.39 is 22.8 Å². The number of non-ortho nitro benzene ring substituents is 1. The molecule has 108 valence electrons. The summed E-state index contributed by atoms with van der Waals surface area (Å²) in [5.41, 5.74) is 0.776. The van der Waals surface area contributed by atoms with Gasteiger partial charge in [-0.1, -0.05) is 12.1 Å². The molecule has 1 aromatic carbocycles. The Morgan fingerprint density at radius 3 is 2.76 bits per heavy atom. The van der Waals surface area contributed by atoms with Crippen molar-refractivity contribution in [3.05, 3.63) is 69.8 Å². The molecule has 1 atom stereocenters. The Hall–Kier alpha value is -2.83. The first-order valence-electron chi connectivity index (χ1n) is 6.14. The minimum atomic E-state index is -0.668. The number of benzene rings is 1. The summed E-state index contributed by atoms with van der Waals surface area (Å²) in [7, 11) is 0. The smallest absolute Gasteiger partial charge is 0.269 e. The van der Waals surface area contributed by atoms with Crippen LogP contribution in [0.4, 0.5) is 10.1 Å². The van der Waals surface area contributed by atoms with E-state index in [1.54, 1.807) is 19.1 Å². The molecule has 1 aromatic heterocycles. The molecule has 6 nitrogen and oxygen atoms in total. The number of aromatic nitrogens is 1. The molecule has 7 heteroatoms. The maximum absolute atomic E-state index is 12.7. The molecule has 0 radical (unpaired) electrons. The summed E-state index contributed by atoms with van der Waals surface area (Å²) in [4.78, 5) is 25.6. The summed E-state index contributed by atoms with van der Waals surface area (Å²) in [6.07, 6.45) is 1.13. The SMILES string of the molecule is CC(NC(=O)c1ccc(F)nc1)c1cccc([N+](=O)[O-])c1. The highest BCUT2D eigenvalue weighted by Gasteiger charge is 2.14. The summed E-state index contributed by atoms with van der Waals surface area (Å²) < 4.78 is 12.7. The van der Waals surface area contributed by atoms with Gasteiger partial charge in [0.05, 0.1) is 16.5 Å². The fourth-order valence-electron chi connectivity index (χ4n) is 1.78. The highest BCUT2D eigenvalue weighted by atomic mass is 19.1. The fourth-order valence-corrected chi connectivity index (χ4v) is 1.78. The Morgan fingerprint density at radius 1 is 1.38 bits per heavy atom. The number of carbonyl (C=O) groups is 1. The van der Waals surface area contributed by atoms with E-state index in [0.717, 1.165) is 12.3 Å². The van der Waals surface area contributed by atoms with E-state index in [9.17, 15) is 19.3 Å². The third-order valence-corrected chi connectivity index (χ3v) is 2.92. The molecule has 0 saturated heterocycles. The van der Waals surface area contributed by atoms with Gasteiger partial charge in [0.2, 0.25) is 5.95 Å². The van der Waals surface area contributed by atoms with Crippen molar-refractivity contribution < 1.29 is 14.1 Å². The zero-order valence-corrected chi connectivity index (χ0v) is 11.1. The zero-order chi connectivity index (χ0) is 15.4. The van der Waals surface area contributed by atoms with Gasteiger partial charge in [0.15, 0.2) is 0 Å². The van der Waals surface area contributed by atoms with Crippen molar-refractivity contribution in [2.75, 3.05) is 0 Å². The lowest BCUT2D eigenvalue weighted by Crippen LogP contribution is -2.26. The first-order chi connectivity index (χ1) is 9.97. The van der Waals surface area contributed by atoms with Gasteiger partial charge < -0.3 is 5.32 Å². The van der Waals surface area contributed by atoms with Crippen molar-refractivity contribution in [2.24, 2.45) is 0 Å². The van der Waals surface area contributed by atoms with Crippen LogP contribution < -0.4 is 5.32 Å². The number of halogens is 1. The number of nitro groups is 1. The summed E-state index contributed by atoms with van der Waals surface area (Å²) in [5.74, 6) is -1.10. The summed E-state index contributed by atoms with van der Waals surface area (Å²) in [5, 5.41) is 13.4. The third-order valence-electron chi connectivity index (χ3n) is 2.92. The van der Waals surface area contributed by atoms with Crippen LogP contribution in [0.15, 0.2) is 42.6 Å². The largest absolute Gasteiger partial charge is 0.345 e. The molecular formula is C14H12FN3O3. The van der Waals surface area contributed by atoms with Crippen molar-refractivity contribution in [3.63, 3.8) is 0 Å². The number of rotatable bonds is 4. The molecule has 1 amide bonds. The highest BCUT2D eigenvalue weighted by Crippen LogP contribution is 2.19. The predicted molar refractivity (Wildman–Crippen MR) is 73.2 cm³/mol. The Balaban J connectivity index is 2.12. The van der Waals surface area contributed by atoms with Gasteiger partial charge in [0.1, 0.15) is 0 Å². The lowest BCUT2D eigenvalue weighted by atomic mass is 10.1. The van der Waals surface area contributed by atoms with E-state index in [4.69, 9.17) is 0 Å². The number of hydrogen-bond acceptors (Lipinski definition) is 4. The maximum Gasteiger partial charge on any atom is 0.269 e. The molecular weight excluding hydrogens is 277 g/mol. The number of amides is 1. The fraction of sp³-hybridized carbons (Fsp3) is 0.143. The molecule has 0 bridgehead atoms. The minimum absolute atomic E-state index is 0.0444. The lowest BCUT2D eigenvalue weighted by Gasteiger charge is -2.14. The second-order valence-corrected chi connectivity index (χ2v) is 4.42. The molecule has 0 spiro atoms. The standard InChI is InChI=1S/C14H12FN3O3/c1-9(10-3-2-4-12(7-10)18(20)21)17-14(19)11-5-6-13(15)16-8-11/h2-9H,1H3,(H,17,19). The first-order valence-corrected chi connectivity index (χ1v) is 6.14. The molecule has 1 unspecified atom stereocenters. The number of hydrogen-bond donors (Lipinski definition) is 1. The molecule has 0 aliphatic carbocycles. The Labute approximate surface area is 119 Å². The van der Waals surface area contributed by atoms with Crippen LogP contribution in [0.3, 0.4) is 0 Å². The van der Waals surface area contributed by atoms with E-state index in [0.29, 0.717) is 5.56 Å². The molecule has 0 fully saturated rings. The third kappa shape index (κ3) is 3.59. The van der Waals surface area contributed by atoms with Crippen LogP contribution in [0.25, 0.3) is 0 Å². The summed E-state index contributed by atoms with van der Waals surface area (Å²) >= 11 is 0. The van der Waals surface area contributed by atoms with E-state index in [-0.39, 0.29) is 11.3 Å². The van der Waals surface area contributed by atoms with E-state index in [1.807, 2.05) is 0 Å². The van der Waals surface area contributed by atoms with Gasteiger partial charge in [-0.15, -0.1) is 0 Å². The Kier molecular flexibility index (Phi) is 4.22. The lowest BCUT2D eigenvalue weighted by molar-refractivity contribution is -0.384. The molecule has 1 heterocycles. The molecule has 0 aliphatic heterocycles. The predicted octanol–water partition coefficient (Wildman–Crippen LogP) is 2.62. The number of carbonyl (C=O) groups excluding carboxylic acids is 1. The van der Waals surface area contributed by atoms with Crippen LogP contribution in [-0.4, -0.2) is 15.8 Å². The second kappa shape index (κ2) is 6.08. The van der Waals surface area contributed by atoms with Crippen molar-refractivity contribution in [2.45, 2.75) is 13.0 Å². The number of nitro benzene ring substituents is 1. The van der Waals surface area contributed by atoms with Crippen LogP contribution in [0.2, 0.25) is 0 Å². The first kappa shape index (κ1) is 14.6. The molecule has 1 N–H and O–H groups in total. The molecule has 0 saturated carbocycles. The summed E-state index contributed by atoms with van der Waals surface area (Å²) in [6.45, 7) is 1.70. The topological polar surface area (TPSA) is 85.1 Å². The molecule has 0 aliphatic rings. The summed E-state index contributed by atoms with van der Waals surface area (Å²) in [6, 6.07) is 7.99. The normalized spacial score (nSPS) is 11.7. The maximum atomic E-state index is 12.7. The van der Waals surface area contributed by atoms with Gasteiger partial charge in [-0.3, -0.25) is 14.9 Å². The number of nitrogens with one attached hydrogen (secondary N) is 1. The van der Waals surface area contributed by atoms with Crippen LogP contribution >= 0.6 is 0 Å². The van der Waals surface area contributed by atoms with Gasteiger partial charge >= 0.3 is 0 Å². The molecule has 2 rings (SSSR count). The molecule has 21 heavy (non-hydrogen) atoms. The van der Waals surface area contributed by atoms with Crippen molar-refractivity contribution in [1.82, 2.24) is 10.3 Å². The number of pyridine rings is 1. The monoisotopic (exact) mass is 289 g/mol. The quantitative estimate of drug-likeness (QED) is 0.532. The van der Waals surface area contributed by atoms with Gasteiger partial charge in [-0.25, -0.2) is 4.98 Å². The Bertz CT molecular complexity index is 673. The van der Waals surface area contributed by atoms with Crippen LogP contribution in [0, 0.1) is 16.1 Å². The Morgan fingerprint density at radius 2 is 2.14 bits per heavy atom. The average molecular weight is 289 g/mol. The van der Waals surface area contributed by atoms with Gasteiger partial charge in [-0.2, -0.15) is 4.39 Å². The van der Waals surface area contributed by atoms with E-state index in [2.05, 4.69) is 10.3 Å². The van der Waals surface area contributed by atoms with Gasteiger partial charge in [0.25, 0.3) is 11.6 Å². The van der Waals surface area contributed by atoms with E-state index in [1.165, 1.54) is 18.2 Å². The van der Waals surface area contributed by atoms with Crippen LogP contribution in [0.1, 0.15) is 28.9 Å². The van der Waals surface area contributed by atoms with Crippen molar-refractivity contribution >= 4 is 11.6 Å². The van der Waals surface area contributed by atoms with Gasteiger partial charge in [-0.05, 0) is 24.6 Å². The number of nitrogens with zero attached hydrogens (tertiary/aromatic N) is 2.